The number of carbonyl (C=O) groups is 2. The third kappa shape index (κ3) is 3.60. The predicted octanol–water partition coefficient (Wildman–Crippen LogP) is 2.42. The minimum absolute atomic E-state index is 0.0346. The zero-order valence-electron chi connectivity index (χ0n) is 13.7. The number of hydrazone groups is 1. The molecular formula is C18H23N3O2. The first-order chi connectivity index (χ1) is 11.1. The molecule has 0 radical (unpaired) electrons. The molecule has 122 valence electrons. The summed E-state index contributed by atoms with van der Waals surface area (Å²) >= 11 is 0. The van der Waals surface area contributed by atoms with Crippen LogP contribution in [0.3, 0.4) is 0 Å². The molecule has 1 aliphatic heterocycles. The molecule has 1 heterocycles. The van der Waals surface area contributed by atoms with Gasteiger partial charge >= 0.3 is 0 Å². The zero-order chi connectivity index (χ0) is 16.4. The number of nitrogens with zero attached hydrogens (tertiary/aromatic N) is 3. The van der Waals surface area contributed by atoms with Crippen molar-refractivity contribution in [3.8, 4) is 0 Å². The number of rotatable bonds is 5. The van der Waals surface area contributed by atoms with Crippen molar-refractivity contribution in [3.05, 3.63) is 35.9 Å². The van der Waals surface area contributed by atoms with E-state index in [1.807, 2.05) is 35.2 Å². The fourth-order valence-electron chi connectivity index (χ4n) is 3.00. The molecule has 1 atom stereocenters. The van der Waals surface area contributed by atoms with Crippen LogP contribution in [-0.4, -0.2) is 40.5 Å². The van der Waals surface area contributed by atoms with Gasteiger partial charge in [0, 0.05) is 32.5 Å². The van der Waals surface area contributed by atoms with Crippen molar-refractivity contribution in [1.29, 1.82) is 0 Å². The van der Waals surface area contributed by atoms with E-state index in [-0.39, 0.29) is 17.9 Å². The van der Waals surface area contributed by atoms with Gasteiger partial charge in [0.1, 0.15) is 5.71 Å². The Balaban J connectivity index is 1.81. The van der Waals surface area contributed by atoms with E-state index < -0.39 is 0 Å². The van der Waals surface area contributed by atoms with Gasteiger partial charge in [-0.05, 0) is 31.2 Å². The van der Waals surface area contributed by atoms with Gasteiger partial charge < -0.3 is 4.90 Å². The number of hydrogen-bond acceptors (Lipinski definition) is 3. The molecule has 1 fully saturated rings. The van der Waals surface area contributed by atoms with E-state index in [0.717, 1.165) is 5.56 Å². The van der Waals surface area contributed by atoms with E-state index in [1.54, 1.807) is 7.05 Å². The highest BCUT2D eigenvalue weighted by Crippen LogP contribution is 2.36. The highest BCUT2D eigenvalue weighted by Gasteiger charge is 2.36. The van der Waals surface area contributed by atoms with Crippen LogP contribution < -0.4 is 0 Å². The average Bonchev–Trinajstić information content (AvgIpc) is 3.40. The first-order valence-electron chi connectivity index (χ1n) is 8.25. The van der Waals surface area contributed by atoms with Crippen molar-refractivity contribution >= 4 is 17.5 Å². The Morgan fingerprint density at radius 1 is 1.30 bits per heavy atom. The average molecular weight is 313 g/mol. The van der Waals surface area contributed by atoms with E-state index in [4.69, 9.17) is 0 Å². The molecule has 1 aromatic rings. The minimum Gasteiger partial charge on any atom is -0.330 e. The van der Waals surface area contributed by atoms with Crippen molar-refractivity contribution in [2.24, 2.45) is 11.0 Å². The normalized spacial score (nSPS) is 19.3. The lowest BCUT2D eigenvalue weighted by atomic mass is 10.1. The molecule has 2 amide bonds. The summed E-state index contributed by atoms with van der Waals surface area (Å²) in [6.45, 7) is 2.71. The first kappa shape index (κ1) is 15.7. The van der Waals surface area contributed by atoms with E-state index in [2.05, 4.69) is 12.0 Å². The lowest BCUT2D eigenvalue weighted by Crippen LogP contribution is -2.45. The molecule has 0 spiro atoms. The maximum absolute atomic E-state index is 13.0. The van der Waals surface area contributed by atoms with Gasteiger partial charge in [-0.2, -0.15) is 5.10 Å². The summed E-state index contributed by atoms with van der Waals surface area (Å²) in [6, 6.07) is 10.2. The molecule has 1 aliphatic carbocycles. The number of carbonyl (C=O) groups excluding carboxylic acids is 2. The molecule has 3 rings (SSSR count). The van der Waals surface area contributed by atoms with Crippen molar-refractivity contribution < 1.29 is 9.59 Å². The van der Waals surface area contributed by atoms with Gasteiger partial charge in [0.05, 0.1) is 0 Å². The topological polar surface area (TPSA) is 53.0 Å². The van der Waals surface area contributed by atoms with Gasteiger partial charge in [-0.1, -0.05) is 30.3 Å². The van der Waals surface area contributed by atoms with Crippen LogP contribution in [0.5, 0.6) is 0 Å². The van der Waals surface area contributed by atoms with Gasteiger partial charge in [0.25, 0.3) is 5.91 Å². The Morgan fingerprint density at radius 2 is 2.00 bits per heavy atom. The van der Waals surface area contributed by atoms with Crippen LogP contribution in [0.4, 0.5) is 0 Å². The summed E-state index contributed by atoms with van der Waals surface area (Å²) in [7, 11) is 1.61. The monoisotopic (exact) mass is 313 g/mol. The molecule has 0 N–H and O–H groups in total. The summed E-state index contributed by atoms with van der Waals surface area (Å²) < 4.78 is 0. The van der Waals surface area contributed by atoms with Crippen LogP contribution in [0.15, 0.2) is 35.4 Å². The van der Waals surface area contributed by atoms with Crippen molar-refractivity contribution in [3.63, 3.8) is 0 Å². The molecule has 0 aromatic heterocycles. The third-order valence-electron chi connectivity index (χ3n) is 4.71. The Labute approximate surface area is 137 Å². The third-order valence-corrected chi connectivity index (χ3v) is 4.71. The number of hydrogen-bond donors (Lipinski definition) is 0. The number of benzene rings is 1. The highest BCUT2D eigenvalue weighted by molar-refractivity contribution is 6.39. The van der Waals surface area contributed by atoms with E-state index in [9.17, 15) is 9.59 Å². The predicted molar refractivity (Wildman–Crippen MR) is 88.6 cm³/mol. The molecule has 2 aliphatic rings. The smallest absolute Gasteiger partial charge is 0.270 e. The second-order valence-corrected chi connectivity index (χ2v) is 6.46. The molecule has 5 heteroatoms. The second-order valence-electron chi connectivity index (χ2n) is 6.46. The van der Waals surface area contributed by atoms with Gasteiger partial charge in [0.15, 0.2) is 0 Å². The summed E-state index contributed by atoms with van der Waals surface area (Å²) in [5.74, 6) is 0.519. The fourth-order valence-corrected chi connectivity index (χ4v) is 3.00. The Morgan fingerprint density at radius 3 is 2.61 bits per heavy atom. The first-order valence-corrected chi connectivity index (χ1v) is 8.25. The van der Waals surface area contributed by atoms with Crippen molar-refractivity contribution in [1.82, 2.24) is 9.91 Å². The van der Waals surface area contributed by atoms with E-state index >= 15 is 0 Å². The maximum atomic E-state index is 13.0. The van der Waals surface area contributed by atoms with E-state index in [0.29, 0.717) is 31.0 Å². The van der Waals surface area contributed by atoms with Crippen LogP contribution in [0, 0.1) is 5.92 Å². The van der Waals surface area contributed by atoms with Crippen molar-refractivity contribution in [2.45, 2.75) is 45.2 Å². The van der Waals surface area contributed by atoms with Crippen LogP contribution in [0.1, 0.15) is 38.2 Å². The molecule has 23 heavy (non-hydrogen) atoms. The van der Waals surface area contributed by atoms with Gasteiger partial charge in [-0.25, -0.2) is 5.01 Å². The SMILES string of the molecule is CC(C1CC1)N(Cc1ccccc1)C(=O)C1=NN(C)C(=O)CC1. The Hall–Kier alpha value is -2.17. The molecule has 1 saturated carbocycles. The summed E-state index contributed by atoms with van der Waals surface area (Å²) in [6.07, 6.45) is 3.16. The molecule has 1 unspecified atom stereocenters. The maximum Gasteiger partial charge on any atom is 0.270 e. The second kappa shape index (κ2) is 6.52. The summed E-state index contributed by atoms with van der Waals surface area (Å²) in [5, 5.41) is 5.49. The quantitative estimate of drug-likeness (QED) is 0.838. The van der Waals surface area contributed by atoms with Gasteiger partial charge in [-0.3, -0.25) is 9.59 Å². The van der Waals surface area contributed by atoms with Gasteiger partial charge in [-0.15, -0.1) is 0 Å². The Bertz CT molecular complexity index is 622. The van der Waals surface area contributed by atoms with Crippen LogP contribution >= 0.6 is 0 Å². The molecule has 5 nitrogen and oxygen atoms in total. The lowest BCUT2D eigenvalue weighted by molar-refractivity contribution is -0.131. The summed E-state index contributed by atoms with van der Waals surface area (Å²) in [5.41, 5.74) is 1.62. The fraction of sp³-hybridized carbons (Fsp3) is 0.500. The largest absolute Gasteiger partial charge is 0.330 e. The Kier molecular flexibility index (Phi) is 4.46. The summed E-state index contributed by atoms with van der Waals surface area (Å²) in [4.78, 5) is 26.5. The van der Waals surface area contributed by atoms with E-state index in [1.165, 1.54) is 17.9 Å². The number of amides is 2. The van der Waals surface area contributed by atoms with Gasteiger partial charge in [0.2, 0.25) is 5.91 Å². The minimum atomic E-state index is -0.0357. The zero-order valence-corrected chi connectivity index (χ0v) is 13.7. The van der Waals surface area contributed by atoms with Crippen LogP contribution in [-0.2, 0) is 16.1 Å². The highest BCUT2D eigenvalue weighted by atomic mass is 16.2. The molecular weight excluding hydrogens is 290 g/mol. The standard InChI is InChI=1S/C18H23N3O2/c1-13(15-8-9-15)21(12-14-6-4-3-5-7-14)18(23)16-10-11-17(22)20(2)19-16/h3-7,13,15H,8-12H2,1-2H3. The van der Waals surface area contributed by atoms with Crippen molar-refractivity contribution in [2.75, 3.05) is 7.05 Å². The van der Waals surface area contributed by atoms with Crippen LogP contribution in [0.2, 0.25) is 0 Å². The van der Waals surface area contributed by atoms with Crippen LogP contribution in [0.25, 0.3) is 0 Å². The molecule has 0 bridgehead atoms. The lowest BCUT2D eigenvalue weighted by Gasteiger charge is -2.31. The molecule has 0 saturated heterocycles. The molecule has 1 aromatic carbocycles.